The number of nitrogens with one attached hydrogen (secondary N) is 1. The van der Waals surface area contributed by atoms with Crippen molar-refractivity contribution < 1.29 is 14.7 Å². The number of hydrogen-bond acceptors (Lipinski definition) is 3. The summed E-state index contributed by atoms with van der Waals surface area (Å²) in [5, 5.41) is 11.8. The molecule has 0 bridgehead atoms. The van der Waals surface area contributed by atoms with Crippen LogP contribution >= 0.6 is 0 Å². The molecule has 1 aromatic carbocycles. The van der Waals surface area contributed by atoms with Crippen LogP contribution in [0.25, 0.3) is 0 Å². The minimum Gasteiger partial charge on any atom is -0.478 e. The average Bonchev–Trinajstić information content (AvgIpc) is 2.53. The molecule has 21 heavy (non-hydrogen) atoms. The molecule has 5 heteroatoms. The van der Waals surface area contributed by atoms with Crippen LogP contribution < -0.4 is 11.1 Å². The number of nitrogens with two attached hydrogens (primary N) is 1. The maximum absolute atomic E-state index is 12.2. The molecule has 4 N–H and O–H groups in total. The molecule has 0 unspecified atom stereocenters. The Labute approximate surface area is 124 Å². The molecule has 1 aromatic rings. The summed E-state index contributed by atoms with van der Waals surface area (Å²) in [5.74, 6) is -0.733. The second-order valence-electron chi connectivity index (χ2n) is 5.60. The highest BCUT2D eigenvalue weighted by atomic mass is 16.4. The highest BCUT2D eigenvalue weighted by Gasteiger charge is 2.24. The van der Waals surface area contributed by atoms with Gasteiger partial charge in [0.1, 0.15) is 0 Å². The lowest BCUT2D eigenvalue weighted by Crippen LogP contribution is -2.45. The van der Waals surface area contributed by atoms with Crippen LogP contribution in [0.2, 0.25) is 0 Å². The number of benzene rings is 1. The second kappa shape index (κ2) is 7.22. The molecule has 0 aliphatic heterocycles. The third-order valence-electron chi connectivity index (χ3n) is 4.18. The van der Waals surface area contributed by atoms with E-state index in [9.17, 15) is 9.59 Å². The van der Waals surface area contributed by atoms with Gasteiger partial charge in [0.25, 0.3) is 5.91 Å². The van der Waals surface area contributed by atoms with Gasteiger partial charge in [-0.25, -0.2) is 4.79 Å². The standard InChI is InChI=1S/C16H22N2O3/c17-10-14(11-4-2-1-3-5-11)18-15(19)12-6-8-13(9-7-12)16(20)21/h6-9,11,14H,1-5,10,17H2,(H,18,19)(H,20,21)/t14-/m1/s1. The van der Waals surface area contributed by atoms with Gasteiger partial charge in [0, 0.05) is 18.2 Å². The Hall–Kier alpha value is -1.88. The van der Waals surface area contributed by atoms with E-state index in [4.69, 9.17) is 10.8 Å². The first-order valence-corrected chi connectivity index (χ1v) is 7.46. The Kier molecular flexibility index (Phi) is 5.33. The quantitative estimate of drug-likeness (QED) is 0.773. The van der Waals surface area contributed by atoms with Gasteiger partial charge in [-0.15, -0.1) is 0 Å². The van der Waals surface area contributed by atoms with Crippen molar-refractivity contribution in [3.8, 4) is 0 Å². The molecule has 0 radical (unpaired) electrons. The molecular weight excluding hydrogens is 268 g/mol. The van der Waals surface area contributed by atoms with E-state index in [2.05, 4.69) is 5.32 Å². The fourth-order valence-electron chi connectivity index (χ4n) is 2.92. The van der Waals surface area contributed by atoms with Crippen LogP contribution in [0.1, 0.15) is 52.8 Å². The van der Waals surface area contributed by atoms with Crippen LogP contribution in [0.4, 0.5) is 0 Å². The molecule has 1 atom stereocenters. The van der Waals surface area contributed by atoms with Crippen molar-refractivity contribution in [1.82, 2.24) is 5.32 Å². The van der Waals surface area contributed by atoms with Crippen LogP contribution in [0.15, 0.2) is 24.3 Å². The maximum atomic E-state index is 12.2. The van der Waals surface area contributed by atoms with Gasteiger partial charge in [0.05, 0.1) is 5.56 Å². The summed E-state index contributed by atoms with van der Waals surface area (Å²) in [6, 6.07) is 5.95. The van der Waals surface area contributed by atoms with Gasteiger partial charge < -0.3 is 16.2 Å². The van der Waals surface area contributed by atoms with Crippen LogP contribution in [0.3, 0.4) is 0 Å². The van der Waals surface area contributed by atoms with E-state index >= 15 is 0 Å². The van der Waals surface area contributed by atoms with Gasteiger partial charge in [-0.05, 0) is 43.0 Å². The number of rotatable bonds is 5. The van der Waals surface area contributed by atoms with Gasteiger partial charge in [-0.3, -0.25) is 4.79 Å². The normalized spacial score (nSPS) is 17.2. The number of carboxylic acids is 1. The lowest BCUT2D eigenvalue weighted by molar-refractivity contribution is 0.0696. The fraction of sp³-hybridized carbons (Fsp3) is 0.500. The van der Waals surface area contributed by atoms with E-state index in [0.29, 0.717) is 18.0 Å². The monoisotopic (exact) mass is 290 g/mol. The highest BCUT2D eigenvalue weighted by Crippen LogP contribution is 2.26. The zero-order valence-corrected chi connectivity index (χ0v) is 12.0. The molecule has 114 valence electrons. The molecule has 1 fully saturated rings. The van der Waals surface area contributed by atoms with Crippen molar-refractivity contribution in [2.75, 3.05) is 6.54 Å². The van der Waals surface area contributed by atoms with Gasteiger partial charge in [-0.2, -0.15) is 0 Å². The summed E-state index contributed by atoms with van der Waals surface area (Å²) in [6.07, 6.45) is 5.88. The van der Waals surface area contributed by atoms with Crippen molar-refractivity contribution in [2.24, 2.45) is 11.7 Å². The molecule has 0 aromatic heterocycles. The number of hydrogen-bond donors (Lipinski definition) is 3. The molecule has 0 heterocycles. The predicted molar refractivity (Wildman–Crippen MR) is 80.3 cm³/mol. The van der Waals surface area contributed by atoms with Crippen LogP contribution in [0.5, 0.6) is 0 Å². The predicted octanol–water partition coefficient (Wildman–Crippen LogP) is 2.02. The molecule has 0 saturated heterocycles. The van der Waals surface area contributed by atoms with Crippen molar-refractivity contribution >= 4 is 11.9 Å². The van der Waals surface area contributed by atoms with Crippen LogP contribution in [0, 0.1) is 5.92 Å². The topological polar surface area (TPSA) is 92.4 Å². The Bertz CT molecular complexity index is 493. The first-order chi connectivity index (χ1) is 10.1. The molecule has 1 aliphatic carbocycles. The fourth-order valence-corrected chi connectivity index (χ4v) is 2.92. The van der Waals surface area contributed by atoms with E-state index in [0.717, 1.165) is 12.8 Å². The Morgan fingerprint density at radius 1 is 1.14 bits per heavy atom. The van der Waals surface area contributed by atoms with Gasteiger partial charge in [-0.1, -0.05) is 19.3 Å². The lowest BCUT2D eigenvalue weighted by atomic mass is 9.84. The van der Waals surface area contributed by atoms with E-state index in [1.54, 1.807) is 0 Å². The SMILES string of the molecule is NC[C@@H](NC(=O)c1ccc(C(=O)O)cc1)C1CCCCC1. The lowest BCUT2D eigenvalue weighted by Gasteiger charge is -2.30. The van der Waals surface area contributed by atoms with Crippen molar-refractivity contribution in [3.05, 3.63) is 35.4 Å². The Morgan fingerprint density at radius 3 is 2.24 bits per heavy atom. The summed E-state index contributed by atoms with van der Waals surface area (Å²) < 4.78 is 0. The molecule has 2 rings (SSSR count). The van der Waals surface area contributed by atoms with Crippen LogP contribution in [-0.4, -0.2) is 29.6 Å². The summed E-state index contributed by atoms with van der Waals surface area (Å²) in [5.41, 5.74) is 6.44. The molecule has 5 nitrogen and oxygen atoms in total. The number of amides is 1. The number of aromatic carboxylic acids is 1. The number of carbonyl (C=O) groups excluding carboxylic acids is 1. The molecular formula is C16H22N2O3. The number of carbonyl (C=O) groups is 2. The average molecular weight is 290 g/mol. The van der Waals surface area contributed by atoms with Gasteiger partial charge in [0.2, 0.25) is 0 Å². The first kappa shape index (κ1) is 15.5. The summed E-state index contributed by atoms with van der Waals surface area (Å²) in [7, 11) is 0. The zero-order chi connectivity index (χ0) is 15.2. The molecule has 0 spiro atoms. The summed E-state index contributed by atoms with van der Waals surface area (Å²) in [4.78, 5) is 23.0. The summed E-state index contributed by atoms with van der Waals surface area (Å²) in [6.45, 7) is 0.434. The van der Waals surface area contributed by atoms with E-state index in [1.807, 2.05) is 0 Å². The Morgan fingerprint density at radius 2 is 1.71 bits per heavy atom. The maximum Gasteiger partial charge on any atom is 0.335 e. The third-order valence-corrected chi connectivity index (χ3v) is 4.18. The third kappa shape index (κ3) is 4.04. The summed E-state index contributed by atoms with van der Waals surface area (Å²) >= 11 is 0. The minimum atomic E-state index is -0.996. The smallest absolute Gasteiger partial charge is 0.335 e. The van der Waals surface area contributed by atoms with Gasteiger partial charge in [0.15, 0.2) is 0 Å². The van der Waals surface area contributed by atoms with Gasteiger partial charge >= 0.3 is 5.97 Å². The molecule has 1 amide bonds. The van der Waals surface area contributed by atoms with Crippen molar-refractivity contribution in [1.29, 1.82) is 0 Å². The zero-order valence-electron chi connectivity index (χ0n) is 12.0. The van der Waals surface area contributed by atoms with Crippen LogP contribution in [-0.2, 0) is 0 Å². The first-order valence-electron chi connectivity index (χ1n) is 7.46. The minimum absolute atomic E-state index is 0.00282. The largest absolute Gasteiger partial charge is 0.478 e. The van der Waals surface area contributed by atoms with E-state index < -0.39 is 5.97 Å². The van der Waals surface area contributed by atoms with E-state index in [1.165, 1.54) is 43.5 Å². The second-order valence-corrected chi connectivity index (χ2v) is 5.60. The molecule has 1 aliphatic rings. The van der Waals surface area contributed by atoms with E-state index in [-0.39, 0.29) is 17.5 Å². The highest BCUT2D eigenvalue weighted by molar-refractivity contribution is 5.96. The Balaban J connectivity index is 1.99. The number of carboxylic acid groups (broad SMARTS) is 1. The van der Waals surface area contributed by atoms with Crippen molar-refractivity contribution in [3.63, 3.8) is 0 Å². The van der Waals surface area contributed by atoms with Crippen molar-refractivity contribution in [2.45, 2.75) is 38.1 Å². The molecule has 1 saturated carbocycles.